The summed E-state index contributed by atoms with van der Waals surface area (Å²) in [4.78, 5) is 4.21. The summed E-state index contributed by atoms with van der Waals surface area (Å²) in [5.41, 5.74) is 1.99. The lowest BCUT2D eigenvalue weighted by Gasteiger charge is -2.05. The normalized spacial score (nSPS) is 10.1. The van der Waals surface area contributed by atoms with Gasteiger partial charge < -0.3 is 9.84 Å². The van der Waals surface area contributed by atoms with Crippen molar-refractivity contribution in [1.82, 2.24) is 10.1 Å². The van der Waals surface area contributed by atoms with Crippen LogP contribution < -0.4 is 5.32 Å². The Hall–Kier alpha value is -1.84. The van der Waals surface area contributed by atoms with Crippen molar-refractivity contribution in [2.24, 2.45) is 0 Å². The van der Waals surface area contributed by atoms with Crippen molar-refractivity contribution in [1.29, 1.82) is 0 Å². The smallest absolute Gasteiger partial charge is 0.129 e. The molecule has 0 aliphatic carbocycles. The highest BCUT2D eigenvalue weighted by molar-refractivity contribution is 5.42. The summed E-state index contributed by atoms with van der Waals surface area (Å²) in [6, 6.07) is 5.75. The largest absolute Gasteiger partial charge is 0.364 e. The Kier molecular flexibility index (Phi) is 2.44. The van der Waals surface area contributed by atoms with Gasteiger partial charge in [-0.2, -0.15) is 0 Å². The van der Waals surface area contributed by atoms with Gasteiger partial charge in [-0.15, -0.1) is 0 Å². The van der Waals surface area contributed by atoms with Gasteiger partial charge in [-0.1, -0.05) is 11.2 Å². The molecule has 72 valence electrons. The Balaban J connectivity index is 2.02. The van der Waals surface area contributed by atoms with Crippen molar-refractivity contribution in [3.63, 3.8) is 0 Å². The maximum atomic E-state index is 4.72. The fraction of sp³-hybridized carbons (Fsp3) is 0.200. The van der Waals surface area contributed by atoms with Crippen LogP contribution in [0, 0.1) is 6.92 Å². The van der Waals surface area contributed by atoms with Gasteiger partial charge in [-0.3, -0.25) is 0 Å². The zero-order chi connectivity index (χ0) is 9.80. The first-order valence-electron chi connectivity index (χ1n) is 4.41. The number of aryl methyl sites for hydroxylation is 1. The average Bonchev–Trinajstić information content (AvgIpc) is 2.69. The van der Waals surface area contributed by atoms with Crippen molar-refractivity contribution in [3.8, 4) is 0 Å². The van der Waals surface area contributed by atoms with Crippen LogP contribution in [-0.2, 0) is 6.54 Å². The highest BCUT2D eigenvalue weighted by Gasteiger charge is 1.99. The van der Waals surface area contributed by atoms with Gasteiger partial charge in [0.15, 0.2) is 0 Å². The molecule has 2 rings (SSSR count). The maximum absolute atomic E-state index is 4.72. The molecule has 0 bridgehead atoms. The fourth-order valence-corrected chi connectivity index (χ4v) is 1.17. The van der Waals surface area contributed by atoms with E-state index in [4.69, 9.17) is 4.52 Å². The summed E-state index contributed by atoms with van der Waals surface area (Å²) in [5, 5.41) is 6.98. The Morgan fingerprint density at radius 1 is 1.43 bits per heavy atom. The van der Waals surface area contributed by atoms with Gasteiger partial charge in [0.1, 0.15) is 17.8 Å². The monoisotopic (exact) mass is 189 g/mol. The molecule has 2 aromatic heterocycles. The van der Waals surface area contributed by atoms with Crippen LogP contribution in [0.15, 0.2) is 35.2 Å². The second-order valence-corrected chi connectivity index (χ2v) is 3.01. The Bertz CT molecular complexity index is 398. The molecule has 0 fully saturated rings. The lowest BCUT2D eigenvalue weighted by atomic mass is 10.3. The molecular formula is C10H11N3O. The first-order chi connectivity index (χ1) is 6.86. The van der Waals surface area contributed by atoms with Crippen molar-refractivity contribution in [3.05, 3.63) is 41.9 Å². The average molecular weight is 189 g/mol. The molecule has 0 aliphatic heterocycles. The predicted molar refractivity (Wildman–Crippen MR) is 52.8 cm³/mol. The third-order valence-corrected chi connectivity index (χ3v) is 1.94. The molecule has 1 N–H and O–H groups in total. The molecule has 0 atom stereocenters. The molecule has 4 nitrogen and oxygen atoms in total. The summed E-state index contributed by atoms with van der Waals surface area (Å²) < 4.78 is 4.72. The molecule has 0 aromatic carbocycles. The number of nitrogens with zero attached hydrogens (tertiary/aromatic N) is 2. The van der Waals surface area contributed by atoms with Crippen LogP contribution in [0.3, 0.4) is 0 Å². The predicted octanol–water partition coefficient (Wildman–Crippen LogP) is 1.99. The summed E-state index contributed by atoms with van der Waals surface area (Å²) in [7, 11) is 0. The quantitative estimate of drug-likeness (QED) is 0.802. The molecule has 0 unspecified atom stereocenters. The van der Waals surface area contributed by atoms with Crippen LogP contribution >= 0.6 is 0 Å². The van der Waals surface area contributed by atoms with Crippen LogP contribution in [-0.4, -0.2) is 10.1 Å². The van der Waals surface area contributed by atoms with Gasteiger partial charge >= 0.3 is 0 Å². The van der Waals surface area contributed by atoms with Gasteiger partial charge in [-0.05, 0) is 18.6 Å². The second kappa shape index (κ2) is 3.91. The fourth-order valence-electron chi connectivity index (χ4n) is 1.17. The number of nitrogens with one attached hydrogen (secondary N) is 1. The zero-order valence-electron chi connectivity index (χ0n) is 7.90. The molecule has 0 spiro atoms. The summed E-state index contributed by atoms with van der Waals surface area (Å²) in [6.45, 7) is 2.65. The topological polar surface area (TPSA) is 51.0 Å². The third-order valence-electron chi connectivity index (χ3n) is 1.94. The molecule has 0 radical (unpaired) electrons. The number of rotatable bonds is 3. The van der Waals surface area contributed by atoms with Crippen molar-refractivity contribution in [2.45, 2.75) is 13.5 Å². The molecule has 4 heteroatoms. The van der Waals surface area contributed by atoms with E-state index < -0.39 is 0 Å². The minimum absolute atomic E-state index is 0.633. The van der Waals surface area contributed by atoms with Crippen molar-refractivity contribution >= 4 is 5.82 Å². The summed E-state index contributed by atoms with van der Waals surface area (Å²) in [6.07, 6.45) is 3.32. The van der Waals surface area contributed by atoms with E-state index >= 15 is 0 Å². The zero-order valence-corrected chi connectivity index (χ0v) is 7.90. The lowest BCUT2D eigenvalue weighted by Crippen LogP contribution is -2.02. The first kappa shape index (κ1) is 8.74. The van der Waals surface area contributed by atoms with Gasteiger partial charge in [0.2, 0.25) is 0 Å². The van der Waals surface area contributed by atoms with E-state index in [1.807, 2.05) is 25.1 Å². The van der Waals surface area contributed by atoms with Crippen LogP contribution in [0.5, 0.6) is 0 Å². The summed E-state index contributed by atoms with van der Waals surface area (Å²) in [5.74, 6) is 0.885. The molecule has 0 saturated heterocycles. The molecule has 2 aromatic rings. The van der Waals surface area contributed by atoms with E-state index in [2.05, 4.69) is 15.5 Å². The number of hydrogen-bond donors (Lipinski definition) is 1. The van der Waals surface area contributed by atoms with Gasteiger partial charge in [0.25, 0.3) is 0 Å². The van der Waals surface area contributed by atoms with Crippen molar-refractivity contribution in [2.75, 3.05) is 5.32 Å². The van der Waals surface area contributed by atoms with E-state index in [0.717, 1.165) is 17.1 Å². The SMILES string of the molecule is Cc1cccnc1NCc1ccon1. The number of hydrogen-bond acceptors (Lipinski definition) is 4. The lowest BCUT2D eigenvalue weighted by molar-refractivity contribution is 0.412. The van der Waals surface area contributed by atoms with Gasteiger partial charge in [0.05, 0.1) is 6.54 Å². The molecule has 14 heavy (non-hydrogen) atoms. The van der Waals surface area contributed by atoms with E-state index in [1.165, 1.54) is 0 Å². The Labute approximate surface area is 82.0 Å². The molecule has 2 heterocycles. The highest BCUT2D eigenvalue weighted by Crippen LogP contribution is 2.10. The van der Waals surface area contributed by atoms with E-state index in [9.17, 15) is 0 Å². The number of aromatic nitrogens is 2. The van der Waals surface area contributed by atoms with Crippen LogP contribution in [0.25, 0.3) is 0 Å². The molecular weight excluding hydrogens is 178 g/mol. The minimum Gasteiger partial charge on any atom is -0.364 e. The minimum atomic E-state index is 0.633. The van der Waals surface area contributed by atoms with Crippen LogP contribution in [0.1, 0.15) is 11.3 Å². The highest BCUT2D eigenvalue weighted by atomic mass is 16.5. The van der Waals surface area contributed by atoms with Gasteiger partial charge in [-0.25, -0.2) is 4.98 Å². The second-order valence-electron chi connectivity index (χ2n) is 3.01. The standard InChI is InChI=1S/C10H11N3O/c1-8-3-2-5-11-10(8)12-7-9-4-6-14-13-9/h2-6H,7H2,1H3,(H,11,12). The number of anilines is 1. The van der Waals surface area contributed by atoms with E-state index in [1.54, 1.807) is 12.5 Å². The molecule has 0 saturated carbocycles. The summed E-state index contributed by atoms with van der Waals surface area (Å²) >= 11 is 0. The van der Waals surface area contributed by atoms with Crippen LogP contribution in [0.2, 0.25) is 0 Å². The number of pyridine rings is 1. The Morgan fingerprint density at radius 2 is 2.36 bits per heavy atom. The Morgan fingerprint density at radius 3 is 3.07 bits per heavy atom. The molecule has 0 aliphatic rings. The maximum Gasteiger partial charge on any atom is 0.129 e. The van der Waals surface area contributed by atoms with Crippen molar-refractivity contribution < 1.29 is 4.52 Å². The molecule has 0 amide bonds. The van der Waals surface area contributed by atoms with E-state index in [0.29, 0.717) is 6.54 Å². The first-order valence-corrected chi connectivity index (χ1v) is 4.41. The van der Waals surface area contributed by atoms with E-state index in [-0.39, 0.29) is 0 Å². The third kappa shape index (κ3) is 1.90. The van der Waals surface area contributed by atoms with Crippen LogP contribution in [0.4, 0.5) is 5.82 Å². The van der Waals surface area contributed by atoms with Gasteiger partial charge in [0, 0.05) is 12.3 Å².